The van der Waals surface area contributed by atoms with Gasteiger partial charge in [0.25, 0.3) is 0 Å². The van der Waals surface area contributed by atoms with Crippen molar-refractivity contribution in [2.75, 3.05) is 5.32 Å². The van der Waals surface area contributed by atoms with E-state index in [1.165, 1.54) is 11.6 Å². The van der Waals surface area contributed by atoms with E-state index >= 15 is 0 Å². The zero-order valence-corrected chi connectivity index (χ0v) is 11.7. The van der Waals surface area contributed by atoms with Crippen molar-refractivity contribution in [3.63, 3.8) is 0 Å². The van der Waals surface area contributed by atoms with E-state index in [0.29, 0.717) is 11.1 Å². The number of rotatable bonds is 2. The van der Waals surface area contributed by atoms with Crippen LogP contribution >= 0.6 is 0 Å². The maximum absolute atomic E-state index is 13.7. The zero-order chi connectivity index (χ0) is 14.3. The first kappa shape index (κ1) is 13.1. The maximum Gasteiger partial charge on any atom is 0.126 e. The van der Waals surface area contributed by atoms with E-state index in [9.17, 15) is 9.50 Å². The molecular formula is C17H18FNO. The van der Waals surface area contributed by atoms with Crippen LogP contribution in [-0.4, -0.2) is 11.1 Å². The van der Waals surface area contributed by atoms with Gasteiger partial charge in [-0.3, -0.25) is 0 Å². The van der Waals surface area contributed by atoms with Gasteiger partial charge in [-0.05, 0) is 49.1 Å². The molecule has 2 N–H and O–H groups in total. The summed E-state index contributed by atoms with van der Waals surface area (Å²) in [5.74, 6) is -0.279. The molecule has 1 heterocycles. The summed E-state index contributed by atoms with van der Waals surface area (Å²) in [4.78, 5) is 0. The summed E-state index contributed by atoms with van der Waals surface area (Å²) < 4.78 is 13.7. The Bertz CT molecular complexity index is 626. The molecule has 0 saturated carbocycles. The topological polar surface area (TPSA) is 32.3 Å². The molecule has 0 amide bonds. The predicted octanol–water partition coefficient (Wildman–Crippen LogP) is 3.38. The predicted molar refractivity (Wildman–Crippen MR) is 78.3 cm³/mol. The molecule has 0 saturated heterocycles. The third-order valence-electron chi connectivity index (χ3n) is 4.21. The highest BCUT2D eigenvalue weighted by molar-refractivity contribution is 5.57. The molecule has 104 valence electrons. The van der Waals surface area contributed by atoms with Crippen LogP contribution in [-0.2, 0) is 12.0 Å². The molecule has 1 aliphatic heterocycles. The van der Waals surface area contributed by atoms with Crippen LogP contribution in [0, 0.1) is 12.7 Å². The summed E-state index contributed by atoms with van der Waals surface area (Å²) in [6.45, 7) is 3.46. The summed E-state index contributed by atoms with van der Waals surface area (Å²) in [5, 5.41) is 14.2. The van der Waals surface area contributed by atoms with E-state index in [1.54, 1.807) is 26.0 Å². The van der Waals surface area contributed by atoms with Gasteiger partial charge in [0.2, 0.25) is 0 Å². The molecule has 0 aliphatic carbocycles. The van der Waals surface area contributed by atoms with Gasteiger partial charge in [-0.15, -0.1) is 0 Å². The minimum Gasteiger partial charge on any atom is -0.383 e. The number of halogens is 1. The van der Waals surface area contributed by atoms with Crippen molar-refractivity contribution in [1.29, 1.82) is 0 Å². The third-order valence-corrected chi connectivity index (χ3v) is 4.21. The molecule has 2 atom stereocenters. The highest BCUT2D eigenvalue weighted by atomic mass is 19.1. The average Bonchev–Trinajstić information content (AvgIpc) is 2.86. The fourth-order valence-corrected chi connectivity index (χ4v) is 2.75. The first-order valence-electron chi connectivity index (χ1n) is 6.82. The Morgan fingerprint density at radius 2 is 2.00 bits per heavy atom. The van der Waals surface area contributed by atoms with E-state index in [4.69, 9.17) is 0 Å². The van der Waals surface area contributed by atoms with Crippen molar-refractivity contribution in [2.24, 2.45) is 0 Å². The molecule has 3 heteroatoms. The zero-order valence-electron chi connectivity index (χ0n) is 11.7. The van der Waals surface area contributed by atoms with Gasteiger partial charge in [0.15, 0.2) is 0 Å². The first-order valence-corrected chi connectivity index (χ1v) is 6.82. The molecule has 2 unspecified atom stereocenters. The number of aliphatic hydroxyl groups is 1. The molecule has 20 heavy (non-hydrogen) atoms. The molecule has 1 aliphatic rings. The Kier molecular flexibility index (Phi) is 3.02. The van der Waals surface area contributed by atoms with Gasteiger partial charge in [0, 0.05) is 5.69 Å². The Morgan fingerprint density at radius 3 is 2.70 bits per heavy atom. The lowest BCUT2D eigenvalue weighted by Gasteiger charge is -2.31. The lowest BCUT2D eigenvalue weighted by atomic mass is 9.86. The Balaban J connectivity index is 1.92. The first-order chi connectivity index (χ1) is 9.48. The number of benzene rings is 2. The SMILES string of the molecule is Cc1ccc(C(C)(O)C2Cc3ccccc3N2)cc1F. The van der Waals surface area contributed by atoms with E-state index in [2.05, 4.69) is 5.32 Å². The second kappa shape index (κ2) is 4.60. The minimum absolute atomic E-state index is 0.151. The highest BCUT2D eigenvalue weighted by Gasteiger charge is 2.37. The van der Waals surface area contributed by atoms with Crippen LogP contribution in [0.4, 0.5) is 10.1 Å². The number of fused-ring (bicyclic) bond motifs is 1. The normalized spacial score (nSPS) is 20.1. The van der Waals surface area contributed by atoms with Crippen molar-refractivity contribution in [3.8, 4) is 0 Å². The average molecular weight is 271 g/mol. The van der Waals surface area contributed by atoms with Gasteiger partial charge in [-0.25, -0.2) is 4.39 Å². The van der Waals surface area contributed by atoms with Crippen molar-refractivity contribution >= 4 is 5.69 Å². The molecule has 0 radical (unpaired) electrons. The quantitative estimate of drug-likeness (QED) is 0.877. The summed E-state index contributed by atoms with van der Waals surface area (Å²) in [6.07, 6.45) is 0.735. The monoisotopic (exact) mass is 271 g/mol. The van der Waals surface area contributed by atoms with E-state index in [0.717, 1.165) is 12.1 Å². The standard InChI is InChI=1S/C17H18FNO/c1-11-7-8-13(10-14(11)18)17(2,20)16-9-12-5-3-4-6-15(12)19-16/h3-8,10,16,19-20H,9H2,1-2H3. The molecule has 2 aromatic carbocycles. The summed E-state index contributed by atoms with van der Waals surface area (Å²) in [5.41, 5.74) is 2.31. The minimum atomic E-state index is -1.12. The largest absolute Gasteiger partial charge is 0.383 e. The van der Waals surface area contributed by atoms with E-state index in [-0.39, 0.29) is 11.9 Å². The van der Waals surface area contributed by atoms with Crippen LogP contribution in [0.1, 0.15) is 23.6 Å². The van der Waals surface area contributed by atoms with Crippen molar-refractivity contribution in [1.82, 2.24) is 0 Å². The van der Waals surface area contributed by atoms with Crippen molar-refractivity contribution in [3.05, 3.63) is 65.0 Å². The number of hydrogen-bond acceptors (Lipinski definition) is 2. The lowest BCUT2D eigenvalue weighted by molar-refractivity contribution is 0.0378. The number of aryl methyl sites for hydroxylation is 1. The second-order valence-electron chi connectivity index (χ2n) is 5.67. The van der Waals surface area contributed by atoms with Crippen LogP contribution in [0.2, 0.25) is 0 Å². The van der Waals surface area contributed by atoms with Gasteiger partial charge in [0.05, 0.1) is 6.04 Å². The van der Waals surface area contributed by atoms with Gasteiger partial charge in [0.1, 0.15) is 11.4 Å². The van der Waals surface area contributed by atoms with Crippen LogP contribution in [0.15, 0.2) is 42.5 Å². The van der Waals surface area contributed by atoms with Crippen LogP contribution < -0.4 is 5.32 Å². The second-order valence-corrected chi connectivity index (χ2v) is 5.67. The van der Waals surface area contributed by atoms with Crippen LogP contribution in [0.3, 0.4) is 0 Å². The highest BCUT2D eigenvalue weighted by Crippen LogP contribution is 2.35. The number of para-hydroxylation sites is 1. The Morgan fingerprint density at radius 1 is 1.25 bits per heavy atom. The fourth-order valence-electron chi connectivity index (χ4n) is 2.75. The van der Waals surface area contributed by atoms with E-state index < -0.39 is 5.60 Å². The van der Waals surface area contributed by atoms with Gasteiger partial charge in [-0.2, -0.15) is 0 Å². The molecule has 3 rings (SSSR count). The third kappa shape index (κ3) is 2.08. The smallest absolute Gasteiger partial charge is 0.126 e. The molecule has 0 fully saturated rings. The Labute approximate surface area is 118 Å². The van der Waals surface area contributed by atoms with E-state index in [1.807, 2.05) is 24.3 Å². The van der Waals surface area contributed by atoms with Gasteiger partial charge >= 0.3 is 0 Å². The molecule has 0 aromatic heterocycles. The maximum atomic E-state index is 13.7. The van der Waals surface area contributed by atoms with Crippen LogP contribution in [0.25, 0.3) is 0 Å². The Hall–Kier alpha value is -1.87. The molecular weight excluding hydrogens is 253 g/mol. The summed E-state index contributed by atoms with van der Waals surface area (Å²) in [7, 11) is 0. The number of anilines is 1. The fraction of sp³-hybridized carbons (Fsp3) is 0.294. The van der Waals surface area contributed by atoms with Crippen molar-refractivity contribution in [2.45, 2.75) is 31.9 Å². The number of hydrogen-bond donors (Lipinski definition) is 2. The van der Waals surface area contributed by atoms with Gasteiger partial charge < -0.3 is 10.4 Å². The molecule has 2 nitrogen and oxygen atoms in total. The summed E-state index contributed by atoms with van der Waals surface area (Å²) >= 11 is 0. The van der Waals surface area contributed by atoms with Gasteiger partial charge in [-0.1, -0.05) is 30.3 Å². The van der Waals surface area contributed by atoms with Crippen molar-refractivity contribution < 1.29 is 9.50 Å². The van der Waals surface area contributed by atoms with Crippen LogP contribution in [0.5, 0.6) is 0 Å². The molecule has 2 aromatic rings. The summed E-state index contributed by atoms with van der Waals surface area (Å²) in [6, 6.07) is 12.8. The number of nitrogens with one attached hydrogen (secondary N) is 1. The molecule has 0 spiro atoms. The lowest BCUT2D eigenvalue weighted by Crippen LogP contribution is -2.41. The molecule has 0 bridgehead atoms.